The van der Waals surface area contributed by atoms with Crippen LogP contribution in [0.2, 0.25) is 0 Å². The van der Waals surface area contributed by atoms with Gasteiger partial charge in [-0.2, -0.15) is 0 Å². The number of carbonyl (C=O) groups is 8. The Bertz CT molecular complexity index is 6000. The highest BCUT2D eigenvalue weighted by Gasteiger charge is 2.35. The number of carbonyl (C=O) groups excluding carboxylic acids is 7. The minimum Gasteiger partial charge on any atom is -0.478 e. The number of carboxylic acid groups (broad SMARTS) is 1. The van der Waals surface area contributed by atoms with E-state index >= 15 is 0 Å². The Morgan fingerprint density at radius 2 is 0.775 bits per heavy atom. The molecule has 12 N–H and O–H groups in total. The number of carboxylic acids is 1. The number of nitrogens with two attached hydrogens (primary N) is 3. The van der Waals surface area contributed by atoms with Gasteiger partial charge < -0.3 is 76.0 Å². The third-order valence-electron chi connectivity index (χ3n) is 23.8. The summed E-state index contributed by atoms with van der Waals surface area (Å²) in [5.74, 6) is 17.6. The van der Waals surface area contributed by atoms with E-state index in [0.717, 1.165) is 154 Å². The Kier molecular flexibility index (Phi) is 45.5. The van der Waals surface area contributed by atoms with E-state index in [2.05, 4.69) is 150 Å². The lowest BCUT2D eigenvalue weighted by molar-refractivity contribution is -0.147. The molecule has 10 aromatic rings. The normalized spacial score (nSPS) is 14.8. The number of allylic oxidation sites excluding steroid dienone is 3. The van der Waals surface area contributed by atoms with Crippen molar-refractivity contribution in [3.63, 3.8) is 0 Å². The molecule has 3 saturated heterocycles. The van der Waals surface area contributed by atoms with E-state index in [0.29, 0.717) is 11.1 Å². The predicted octanol–water partition coefficient (Wildman–Crippen LogP) is 14.1. The summed E-state index contributed by atoms with van der Waals surface area (Å²) in [7, 11) is 1.51. The maximum atomic E-state index is 13.2. The lowest BCUT2D eigenvalue weighted by atomic mass is 9.97. The number of benzene rings is 10. The zero-order chi connectivity index (χ0) is 101. The van der Waals surface area contributed by atoms with Crippen LogP contribution in [0.15, 0.2) is 261 Å². The molecule has 0 unspecified atom stereocenters. The number of aromatic carboxylic acids is 1. The molecule has 0 spiro atoms. The van der Waals surface area contributed by atoms with E-state index in [1.54, 1.807) is 112 Å². The molecule has 15 rings (SSSR count). The van der Waals surface area contributed by atoms with Gasteiger partial charge in [-0.25, -0.2) is 20.3 Å². The van der Waals surface area contributed by atoms with Gasteiger partial charge in [0.25, 0.3) is 11.8 Å². The Morgan fingerprint density at radius 3 is 1.09 bits per heavy atom. The van der Waals surface area contributed by atoms with Crippen molar-refractivity contribution in [3.05, 3.63) is 350 Å². The lowest BCUT2D eigenvalue weighted by Crippen LogP contribution is -2.54. The van der Waals surface area contributed by atoms with Gasteiger partial charge in [0.1, 0.15) is 37.9 Å². The second-order valence-corrected chi connectivity index (χ2v) is 33.5. The van der Waals surface area contributed by atoms with E-state index < -0.39 is 85.6 Å². The number of methoxy groups -OCH3 is 2. The van der Waals surface area contributed by atoms with Crippen molar-refractivity contribution in [3.8, 4) is 57.8 Å². The number of hydrogen-bond acceptors (Lipinski definition) is 23. The third-order valence-corrected chi connectivity index (χ3v) is 23.8. The average molecular weight is 1930 g/mol. The molecule has 28 heteroatoms. The molecule has 0 saturated carbocycles. The number of alkyl halides is 1. The van der Waals surface area contributed by atoms with Crippen LogP contribution < -0.4 is 33.3 Å². The Hall–Kier alpha value is -14.7. The van der Waals surface area contributed by atoms with Gasteiger partial charge in [-0.1, -0.05) is 220 Å². The van der Waals surface area contributed by atoms with Crippen LogP contribution in [0, 0.1) is 41.4 Å². The lowest BCUT2D eigenvalue weighted by Gasteiger charge is -2.26. The van der Waals surface area contributed by atoms with E-state index in [1.165, 1.54) is 53.2 Å². The van der Waals surface area contributed by atoms with Crippen molar-refractivity contribution in [2.75, 3.05) is 120 Å². The van der Waals surface area contributed by atoms with Crippen molar-refractivity contribution in [1.82, 2.24) is 30.7 Å². The van der Waals surface area contributed by atoms with Crippen molar-refractivity contribution >= 4 is 65.8 Å². The average Bonchev–Trinajstić information content (AvgIpc) is 1.62. The van der Waals surface area contributed by atoms with Gasteiger partial charge in [0.2, 0.25) is 0 Å². The number of nitrogens with one attached hydrogen (secondary N) is 3. The van der Waals surface area contributed by atoms with Gasteiger partial charge >= 0.3 is 30.0 Å². The molecule has 0 bridgehead atoms. The fourth-order valence-corrected chi connectivity index (χ4v) is 16.1. The maximum Gasteiger partial charge on any atom is 0.407 e. The van der Waals surface area contributed by atoms with Crippen LogP contribution in [-0.2, 0) is 72.0 Å². The number of aliphatic hydroxyl groups is 1. The molecule has 3 fully saturated rings. The quantitative estimate of drug-likeness (QED) is 0.00951. The Morgan fingerprint density at radius 1 is 0.458 bits per heavy atom. The predicted molar refractivity (Wildman–Crippen MR) is 548 cm³/mol. The van der Waals surface area contributed by atoms with Crippen molar-refractivity contribution in [1.29, 1.82) is 0 Å². The number of amides is 3. The fraction of sp³-hybridized carbons (Fsp3) is 0.298. The number of Topliss-reactive ketones (excluding diaryl/α,β-unsaturated/α-hetero) is 1. The highest BCUT2D eigenvalue weighted by Crippen LogP contribution is 2.46. The Labute approximate surface area is 832 Å². The van der Waals surface area contributed by atoms with Gasteiger partial charge in [0, 0.05) is 105 Å². The molecule has 3 amide bonds. The zero-order valence-corrected chi connectivity index (χ0v) is 79.7. The molecule has 3 aliphatic heterocycles. The zero-order valence-electron chi connectivity index (χ0n) is 80.7. The summed E-state index contributed by atoms with van der Waals surface area (Å²) in [6, 6.07) is 73.5. The van der Waals surface area contributed by atoms with Crippen LogP contribution in [0.1, 0.15) is 151 Å². The molecule has 3 heterocycles. The number of fused-ring (bicyclic) bond motifs is 6. The molecule has 2 aliphatic carbocycles. The molecule has 742 valence electrons. The van der Waals surface area contributed by atoms with Crippen LogP contribution >= 0.6 is 0 Å². The summed E-state index contributed by atoms with van der Waals surface area (Å²) in [4.78, 5) is 105. The van der Waals surface area contributed by atoms with Crippen molar-refractivity contribution in [2.45, 2.75) is 96.3 Å². The second kappa shape index (κ2) is 59.1. The summed E-state index contributed by atoms with van der Waals surface area (Å²) in [6.07, 6.45) is 10.3. The first-order valence-electron chi connectivity index (χ1n) is 46.9. The molecule has 10 aromatic carbocycles. The minimum absolute atomic E-state index is 0. The topological polar surface area (TPSA) is 386 Å². The number of esters is 3. The maximum absolute atomic E-state index is 13.2. The number of hydrogen-bond donors (Lipinski definition) is 9. The number of nitrogens with zero attached hydrogens (tertiary/aromatic N) is 3. The number of alkyl carbamates (subject to hydrolysis) is 1. The van der Waals surface area contributed by atoms with Gasteiger partial charge in [-0.3, -0.25) is 43.1 Å². The van der Waals surface area contributed by atoms with Crippen LogP contribution in [0.5, 0.6) is 0 Å². The number of aliphatic hydroxyl groups excluding tert-OH is 1. The fourth-order valence-electron chi connectivity index (χ4n) is 16.1. The first-order valence-corrected chi connectivity index (χ1v) is 46.2. The van der Waals surface area contributed by atoms with Crippen molar-refractivity contribution in [2.24, 2.45) is 23.3 Å². The highest BCUT2D eigenvalue weighted by molar-refractivity contribution is 5.99. The molecule has 142 heavy (non-hydrogen) atoms. The van der Waals surface area contributed by atoms with Gasteiger partial charge in [-0.05, 0) is 207 Å². The van der Waals surface area contributed by atoms with E-state index in [9.17, 15) is 42.7 Å². The summed E-state index contributed by atoms with van der Waals surface area (Å²) in [5, 5.41) is 32.4. The third kappa shape index (κ3) is 34.1. The number of halogens is 1. The minimum atomic E-state index is -1.15. The summed E-state index contributed by atoms with van der Waals surface area (Å²) in [5.41, 5.74) is 31.0. The van der Waals surface area contributed by atoms with Crippen molar-refractivity contribution < 1.29 is 92.7 Å². The molecular formula is C114H126FN9O18. The van der Waals surface area contributed by atoms with Gasteiger partial charge in [0.15, 0.2) is 5.78 Å². The number of ketones is 1. The largest absolute Gasteiger partial charge is 0.478 e. The van der Waals surface area contributed by atoms with Gasteiger partial charge in [-0.15, -0.1) is 0 Å². The molecule has 0 radical (unpaired) electrons. The summed E-state index contributed by atoms with van der Waals surface area (Å²) < 4.78 is 52.4. The number of morpholine rings is 3. The number of rotatable bonds is 28. The molecule has 6 atom stereocenters. The Balaban J connectivity index is 0.000000217. The van der Waals surface area contributed by atoms with E-state index in [-0.39, 0.29) is 56.3 Å². The van der Waals surface area contributed by atoms with E-state index in [1.807, 2.05) is 115 Å². The number of ether oxygens (including phenoxy) is 7. The molecule has 5 aliphatic rings. The van der Waals surface area contributed by atoms with Crippen LogP contribution in [-0.4, -0.2) is 228 Å². The summed E-state index contributed by atoms with van der Waals surface area (Å²) >= 11 is 0. The standard InChI is InChI=1S/C42H41N3O6.C27H31N3O4.C22H21NO3.C21H23NO4.CH3F.CH4.H3NO/c1-29(43-42(48)51-28-38-36-13-7-5-11-34(36)35-12-6-8-14-37(35)38)39(41(47)49-2)44-40(46)33-21-19-31(20-22-33)10-4-3-9-30-15-17-32(18-16-30)27-45-23-25-50-26-24-45;1-20(28)26(25(32)19-31)29-27(33)24-12-10-22(11-13-24)5-3-2-4-21-6-8-23(9-7-21)18-30-14-16-34-17-15-30;24-22(25)21-11-9-19(10-12-21)4-2-1-3-18-5-7-20(8-6-18)17-23-13-15-26-16-14-23;1-13(20(22)21(24)25-2)11-19(23)26-12-18-16-9-5-3-7-14(16)15-8-4-6-10-17(15)18;1-2;;1-2/h4-8,10-22,29,38-39H,23-28H2,1-2H3,(H,43,48)(H,44,46);3,5-13,20,26,31H,14-19,28H2,1H3,(H,29,33);2,4-12H,13-17H2,(H,24,25);3-10,13,18,20H,11-12,22H2,1-2H3;1H3;1H4;2H,1H2/t29-,39+;20-,26+;;13-,20-;;;/m11.0.../s1/i;;;;1D;;. The molecule has 27 nitrogen and oxygen atoms in total. The first kappa shape index (κ1) is 109. The van der Waals surface area contributed by atoms with Crippen LogP contribution in [0.25, 0.3) is 40.5 Å². The highest BCUT2D eigenvalue weighted by atomic mass is 19.1. The first-order chi connectivity index (χ1) is 69.0. The molecular weight excluding hydrogens is 1800 g/mol. The monoisotopic (exact) mass is 1930 g/mol. The molecule has 0 aromatic heterocycles. The van der Waals surface area contributed by atoms with Crippen LogP contribution in [0.4, 0.5) is 9.18 Å². The SMILES string of the molecule is C.COC(=O)[C@@H](N)[C@@H](C)CC(=O)OCC1c2ccccc2-c2ccccc21.COC(=O)[C@@H](NC(=O)c1ccc(C=CC#Cc2ccc(CN3CCOCC3)cc2)cc1)[C@@H](C)NC(=O)OCC1c2ccccc2-c2ccccc21.C[C@@H](N)[C@H](NC(=O)c1ccc(C=CC#Cc2ccc(CN3CCOCC3)cc2)cc1)C(=O)CO.NO.O=C(O)c1ccc(C=CC#Cc2ccc(CN3CCOCC3)cc2)cc1.[2H]CF. The summed E-state index contributed by atoms with van der Waals surface area (Å²) in [6.45, 7) is 18.1. The van der Waals surface area contributed by atoms with E-state index in [4.69, 9.17) is 56.7 Å². The smallest absolute Gasteiger partial charge is 0.407 e. The second-order valence-electron chi connectivity index (χ2n) is 33.5. The van der Waals surface area contributed by atoms with Crippen LogP contribution in [0.3, 0.4) is 0 Å². The van der Waals surface area contributed by atoms with Gasteiger partial charge in [0.05, 0.1) is 80.4 Å².